The van der Waals surface area contributed by atoms with Gasteiger partial charge in [0.05, 0.1) is 30.5 Å². The number of benzene rings is 1. The standard InChI is InChI=1S/C15H20N2O2S/c1-10-17-11(9-20-10)8-12(16-2)15-13(18-3)6-5-7-14(15)19-4/h5-7,9,12,16H,8H2,1-4H3. The highest BCUT2D eigenvalue weighted by Gasteiger charge is 2.20. The van der Waals surface area contributed by atoms with E-state index in [0.29, 0.717) is 0 Å². The molecule has 5 heteroatoms. The second-order valence-corrected chi connectivity index (χ2v) is 5.54. The molecule has 0 saturated carbocycles. The fourth-order valence-electron chi connectivity index (χ4n) is 2.28. The quantitative estimate of drug-likeness (QED) is 0.889. The third-order valence-corrected chi connectivity index (χ3v) is 4.07. The van der Waals surface area contributed by atoms with Gasteiger partial charge in [-0.25, -0.2) is 4.98 Å². The average Bonchev–Trinajstić information content (AvgIpc) is 2.89. The van der Waals surface area contributed by atoms with Crippen LogP contribution in [-0.4, -0.2) is 26.3 Å². The number of aryl methyl sites for hydroxylation is 1. The van der Waals surface area contributed by atoms with Crippen LogP contribution >= 0.6 is 11.3 Å². The average molecular weight is 292 g/mol. The second-order valence-electron chi connectivity index (χ2n) is 4.48. The van der Waals surface area contributed by atoms with Crippen LogP contribution in [0.5, 0.6) is 11.5 Å². The number of nitrogens with one attached hydrogen (secondary N) is 1. The summed E-state index contributed by atoms with van der Waals surface area (Å²) in [7, 11) is 5.30. The smallest absolute Gasteiger partial charge is 0.127 e. The number of nitrogens with zero attached hydrogens (tertiary/aromatic N) is 1. The maximum atomic E-state index is 5.48. The molecule has 0 aliphatic heterocycles. The number of hydrogen-bond acceptors (Lipinski definition) is 5. The Hall–Kier alpha value is -1.59. The van der Waals surface area contributed by atoms with Gasteiger partial charge in [-0.3, -0.25) is 0 Å². The van der Waals surface area contributed by atoms with E-state index in [-0.39, 0.29) is 6.04 Å². The van der Waals surface area contributed by atoms with Crippen LogP contribution in [0.4, 0.5) is 0 Å². The molecule has 2 rings (SSSR count). The largest absolute Gasteiger partial charge is 0.496 e. The molecule has 1 N–H and O–H groups in total. The van der Waals surface area contributed by atoms with E-state index in [9.17, 15) is 0 Å². The van der Waals surface area contributed by atoms with Crippen LogP contribution in [0, 0.1) is 6.92 Å². The maximum Gasteiger partial charge on any atom is 0.127 e. The fraction of sp³-hybridized carbons (Fsp3) is 0.400. The summed E-state index contributed by atoms with van der Waals surface area (Å²) in [4.78, 5) is 4.53. The van der Waals surface area contributed by atoms with Gasteiger partial charge in [-0.05, 0) is 26.1 Å². The van der Waals surface area contributed by atoms with Crippen LogP contribution < -0.4 is 14.8 Å². The molecule has 0 radical (unpaired) electrons. The molecular formula is C15H20N2O2S. The molecule has 1 aromatic heterocycles. The Balaban J connectivity index is 2.35. The third kappa shape index (κ3) is 3.11. The molecular weight excluding hydrogens is 272 g/mol. The lowest BCUT2D eigenvalue weighted by atomic mass is 10.00. The monoisotopic (exact) mass is 292 g/mol. The first kappa shape index (κ1) is 14.8. The van der Waals surface area contributed by atoms with E-state index >= 15 is 0 Å². The fourth-order valence-corrected chi connectivity index (χ4v) is 2.91. The van der Waals surface area contributed by atoms with Crippen molar-refractivity contribution in [3.63, 3.8) is 0 Å². The lowest BCUT2D eigenvalue weighted by Gasteiger charge is -2.21. The molecule has 0 aliphatic carbocycles. The third-order valence-electron chi connectivity index (χ3n) is 3.24. The summed E-state index contributed by atoms with van der Waals surface area (Å²) in [6, 6.07) is 5.94. The van der Waals surface area contributed by atoms with Crippen molar-refractivity contribution in [3.05, 3.63) is 39.8 Å². The molecule has 1 unspecified atom stereocenters. The van der Waals surface area contributed by atoms with E-state index in [4.69, 9.17) is 9.47 Å². The Morgan fingerprint density at radius 3 is 2.35 bits per heavy atom. The van der Waals surface area contributed by atoms with Crippen molar-refractivity contribution in [1.29, 1.82) is 0 Å². The Kier molecular flexibility index (Phi) is 4.98. The summed E-state index contributed by atoms with van der Waals surface area (Å²) in [5, 5.41) is 6.51. The highest BCUT2D eigenvalue weighted by molar-refractivity contribution is 7.09. The van der Waals surface area contributed by atoms with Crippen molar-refractivity contribution in [1.82, 2.24) is 10.3 Å². The van der Waals surface area contributed by atoms with E-state index in [1.807, 2.05) is 32.2 Å². The number of methoxy groups -OCH3 is 2. The minimum Gasteiger partial charge on any atom is -0.496 e. The summed E-state index contributed by atoms with van der Waals surface area (Å²) in [6.07, 6.45) is 0.803. The molecule has 0 aliphatic rings. The molecule has 0 spiro atoms. The summed E-state index contributed by atoms with van der Waals surface area (Å²) < 4.78 is 11.0. The summed E-state index contributed by atoms with van der Waals surface area (Å²) in [6.45, 7) is 2.02. The zero-order valence-electron chi connectivity index (χ0n) is 12.3. The van der Waals surface area contributed by atoms with Crippen molar-refractivity contribution in [2.24, 2.45) is 0 Å². The number of ether oxygens (including phenoxy) is 2. The van der Waals surface area contributed by atoms with Crippen LogP contribution in [0.2, 0.25) is 0 Å². The van der Waals surface area contributed by atoms with Crippen molar-refractivity contribution in [2.45, 2.75) is 19.4 Å². The van der Waals surface area contributed by atoms with E-state index < -0.39 is 0 Å². The minimum absolute atomic E-state index is 0.0996. The van der Waals surface area contributed by atoms with Crippen molar-refractivity contribution >= 4 is 11.3 Å². The van der Waals surface area contributed by atoms with Gasteiger partial charge in [-0.2, -0.15) is 0 Å². The number of thiazole rings is 1. The Morgan fingerprint density at radius 1 is 1.25 bits per heavy atom. The maximum absolute atomic E-state index is 5.48. The van der Waals surface area contributed by atoms with Gasteiger partial charge >= 0.3 is 0 Å². The van der Waals surface area contributed by atoms with Gasteiger partial charge in [-0.1, -0.05) is 6.07 Å². The van der Waals surface area contributed by atoms with Gasteiger partial charge in [0.1, 0.15) is 11.5 Å². The Morgan fingerprint density at radius 2 is 1.90 bits per heavy atom. The van der Waals surface area contributed by atoms with Gasteiger partial charge in [-0.15, -0.1) is 11.3 Å². The first-order chi connectivity index (χ1) is 9.69. The minimum atomic E-state index is 0.0996. The molecule has 108 valence electrons. The Bertz CT molecular complexity index is 547. The van der Waals surface area contributed by atoms with Gasteiger partial charge in [0, 0.05) is 17.8 Å². The molecule has 0 fully saturated rings. The molecule has 1 atom stereocenters. The number of aromatic nitrogens is 1. The molecule has 1 aromatic carbocycles. The Labute approximate surface area is 123 Å². The van der Waals surface area contributed by atoms with E-state index in [2.05, 4.69) is 15.7 Å². The molecule has 2 aromatic rings. The molecule has 1 heterocycles. The second kappa shape index (κ2) is 6.72. The molecule has 0 bridgehead atoms. The van der Waals surface area contributed by atoms with Crippen LogP contribution in [0.1, 0.15) is 22.3 Å². The topological polar surface area (TPSA) is 43.4 Å². The predicted molar refractivity (Wildman–Crippen MR) is 81.9 cm³/mol. The van der Waals surface area contributed by atoms with Crippen molar-refractivity contribution < 1.29 is 9.47 Å². The van der Waals surface area contributed by atoms with Crippen LogP contribution in [0.25, 0.3) is 0 Å². The van der Waals surface area contributed by atoms with Gasteiger partial charge < -0.3 is 14.8 Å². The van der Waals surface area contributed by atoms with Crippen molar-refractivity contribution in [2.75, 3.05) is 21.3 Å². The normalized spacial score (nSPS) is 12.2. The lowest BCUT2D eigenvalue weighted by molar-refractivity contribution is 0.372. The van der Waals surface area contributed by atoms with E-state index in [1.54, 1.807) is 25.6 Å². The van der Waals surface area contributed by atoms with Crippen LogP contribution in [0.15, 0.2) is 23.6 Å². The molecule has 0 amide bonds. The summed E-state index contributed by atoms with van der Waals surface area (Å²) in [5.74, 6) is 1.66. The van der Waals surface area contributed by atoms with E-state index in [0.717, 1.165) is 34.2 Å². The summed E-state index contributed by atoms with van der Waals surface area (Å²) >= 11 is 1.67. The van der Waals surface area contributed by atoms with Crippen molar-refractivity contribution in [3.8, 4) is 11.5 Å². The zero-order chi connectivity index (χ0) is 14.5. The summed E-state index contributed by atoms with van der Waals surface area (Å²) in [5.41, 5.74) is 2.12. The SMILES string of the molecule is CNC(Cc1csc(C)n1)c1c(OC)cccc1OC. The molecule has 0 saturated heterocycles. The highest BCUT2D eigenvalue weighted by atomic mass is 32.1. The first-order valence-electron chi connectivity index (χ1n) is 6.48. The van der Waals surface area contributed by atoms with Gasteiger partial charge in [0.25, 0.3) is 0 Å². The lowest BCUT2D eigenvalue weighted by Crippen LogP contribution is -2.20. The zero-order valence-corrected chi connectivity index (χ0v) is 13.1. The first-order valence-corrected chi connectivity index (χ1v) is 7.36. The number of likely N-dealkylation sites (N-methyl/N-ethyl adjacent to an activating group) is 1. The highest BCUT2D eigenvalue weighted by Crippen LogP contribution is 2.35. The molecule has 4 nitrogen and oxygen atoms in total. The van der Waals surface area contributed by atoms with Crippen LogP contribution in [-0.2, 0) is 6.42 Å². The van der Waals surface area contributed by atoms with Crippen LogP contribution in [0.3, 0.4) is 0 Å². The van der Waals surface area contributed by atoms with Gasteiger partial charge in [0.15, 0.2) is 0 Å². The molecule has 20 heavy (non-hydrogen) atoms. The number of rotatable bonds is 6. The van der Waals surface area contributed by atoms with E-state index in [1.165, 1.54) is 0 Å². The predicted octanol–water partition coefficient (Wildman–Crippen LogP) is 2.97. The van der Waals surface area contributed by atoms with Gasteiger partial charge in [0.2, 0.25) is 0 Å². The number of hydrogen-bond donors (Lipinski definition) is 1.